The lowest BCUT2D eigenvalue weighted by molar-refractivity contribution is -0.119. The van der Waals surface area contributed by atoms with Crippen molar-refractivity contribution < 1.29 is 14.3 Å². The van der Waals surface area contributed by atoms with Crippen LogP contribution in [0.15, 0.2) is 59.5 Å². The summed E-state index contributed by atoms with van der Waals surface area (Å²) in [6.45, 7) is 1.35. The largest absolute Gasteiger partial charge is 0.452 e. The molecule has 0 bridgehead atoms. The number of esters is 1. The van der Waals surface area contributed by atoms with E-state index >= 15 is 0 Å². The van der Waals surface area contributed by atoms with Crippen LogP contribution >= 0.6 is 11.6 Å². The van der Waals surface area contributed by atoms with E-state index in [1.165, 1.54) is 16.7 Å². The van der Waals surface area contributed by atoms with Crippen LogP contribution < -0.4 is 11.0 Å². The van der Waals surface area contributed by atoms with Crippen molar-refractivity contribution >= 4 is 29.2 Å². The molecule has 2 aromatic carbocycles. The summed E-state index contributed by atoms with van der Waals surface area (Å²) >= 11 is 5.96. The van der Waals surface area contributed by atoms with Crippen molar-refractivity contribution in [3.05, 3.63) is 81.5 Å². The van der Waals surface area contributed by atoms with Gasteiger partial charge in [0.15, 0.2) is 6.61 Å². The maximum atomic E-state index is 12.1. The lowest BCUT2D eigenvalue weighted by Gasteiger charge is -2.08. The van der Waals surface area contributed by atoms with Crippen molar-refractivity contribution in [2.24, 2.45) is 0 Å². The second kappa shape index (κ2) is 7.92. The van der Waals surface area contributed by atoms with Crippen LogP contribution in [-0.4, -0.2) is 28.0 Å². The van der Waals surface area contributed by atoms with E-state index in [-0.39, 0.29) is 11.3 Å². The van der Waals surface area contributed by atoms with Gasteiger partial charge in [-0.15, -0.1) is 0 Å². The molecule has 1 heterocycles. The highest BCUT2D eigenvalue weighted by Crippen LogP contribution is 2.20. The number of carbonyl (C=O) groups is 2. The van der Waals surface area contributed by atoms with Crippen molar-refractivity contribution in [2.45, 2.75) is 6.92 Å². The van der Waals surface area contributed by atoms with Gasteiger partial charge in [-0.25, -0.2) is 9.59 Å². The van der Waals surface area contributed by atoms with Gasteiger partial charge in [0.25, 0.3) is 5.91 Å². The molecule has 3 aromatic rings. The van der Waals surface area contributed by atoms with Crippen LogP contribution in [0.5, 0.6) is 0 Å². The van der Waals surface area contributed by atoms with E-state index in [0.29, 0.717) is 16.4 Å². The fourth-order valence-corrected chi connectivity index (χ4v) is 2.67. The third kappa shape index (κ3) is 4.27. The van der Waals surface area contributed by atoms with Gasteiger partial charge >= 0.3 is 11.7 Å². The van der Waals surface area contributed by atoms with E-state index in [1.54, 1.807) is 49.5 Å². The number of aryl methyl sites for hydroxylation is 1. The highest BCUT2D eigenvalue weighted by molar-refractivity contribution is 6.33. The molecule has 2 N–H and O–H groups in total. The average molecular weight is 386 g/mol. The minimum Gasteiger partial charge on any atom is -0.452 e. The third-order valence-electron chi connectivity index (χ3n) is 3.80. The summed E-state index contributed by atoms with van der Waals surface area (Å²) in [4.78, 5) is 38.4. The summed E-state index contributed by atoms with van der Waals surface area (Å²) in [5.41, 5.74) is 1.81. The fourth-order valence-electron chi connectivity index (χ4n) is 2.49. The van der Waals surface area contributed by atoms with Crippen LogP contribution in [0.4, 0.5) is 5.69 Å². The Hall–Kier alpha value is -3.32. The topological polar surface area (TPSA) is 93.2 Å². The molecule has 0 aliphatic heterocycles. The van der Waals surface area contributed by atoms with Gasteiger partial charge in [-0.05, 0) is 43.3 Å². The number of benzene rings is 2. The Morgan fingerprint density at radius 2 is 1.85 bits per heavy atom. The molecule has 0 radical (unpaired) electrons. The number of hydrogen-bond donors (Lipinski definition) is 2. The predicted octanol–water partition coefficient (Wildman–Crippen LogP) is 2.92. The maximum absolute atomic E-state index is 12.1. The monoisotopic (exact) mass is 385 g/mol. The Labute approximate surface area is 159 Å². The van der Waals surface area contributed by atoms with Gasteiger partial charge in [0.1, 0.15) is 0 Å². The predicted molar refractivity (Wildman–Crippen MR) is 101 cm³/mol. The number of H-pyrrole nitrogens is 1. The Balaban J connectivity index is 1.61. The first-order chi connectivity index (χ1) is 13.0. The summed E-state index contributed by atoms with van der Waals surface area (Å²) in [6.07, 6.45) is 1.60. The summed E-state index contributed by atoms with van der Waals surface area (Å²) in [5.74, 6) is -1.14. The number of carbonyl (C=O) groups excluding carboxylic acids is 2. The summed E-state index contributed by atoms with van der Waals surface area (Å²) in [5, 5.41) is 2.96. The lowest BCUT2D eigenvalue weighted by atomic mass is 10.2. The summed E-state index contributed by atoms with van der Waals surface area (Å²) in [7, 11) is 0. The second-order valence-electron chi connectivity index (χ2n) is 5.72. The van der Waals surface area contributed by atoms with Crippen molar-refractivity contribution in [3.8, 4) is 5.69 Å². The first-order valence-corrected chi connectivity index (χ1v) is 8.42. The highest BCUT2D eigenvalue weighted by Gasteiger charge is 2.12. The van der Waals surface area contributed by atoms with Gasteiger partial charge in [0.05, 0.1) is 22.0 Å². The number of rotatable bonds is 5. The number of halogens is 1. The Morgan fingerprint density at radius 3 is 2.48 bits per heavy atom. The zero-order valence-corrected chi connectivity index (χ0v) is 15.1. The molecule has 1 amide bonds. The molecule has 0 aliphatic carbocycles. The molecule has 3 rings (SSSR count). The van der Waals surface area contributed by atoms with Gasteiger partial charge < -0.3 is 15.0 Å². The number of nitrogens with zero attached hydrogens (tertiary/aromatic N) is 1. The molecule has 0 saturated heterocycles. The first kappa shape index (κ1) is 18.5. The molecule has 1 aromatic heterocycles. The number of nitrogens with one attached hydrogen (secondary N) is 2. The molecule has 0 fully saturated rings. The van der Waals surface area contributed by atoms with Crippen molar-refractivity contribution in [1.82, 2.24) is 9.55 Å². The molecular weight excluding hydrogens is 370 g/mol. The Morgan fingerprint density at radius 1 is 1.15 bits per heavy atom. The highest BCUT2D eigenvalue weighted by atomic mass is 35.5. The number of anilines is 1. The zero-order chi connectivity index (χ0) is 19.4. The molecular formula is C19H16ClN3O4. The SMILES string of the molecule is Cc1c[nH]c(=O)n1-c1ccc(C(=O)OCC(=O)Nc2ccccc2Cl)cc1. The zero-order valence-electron chi connectivity index (χ0n) is 14.4. The fraction of sp³-hybridized carbons (Fsp3) is 0.105. The van der Waals surface area contributed by atoms with E-state index in [1.807, 2.05) is 0 Å². The summed E-state index contributed by atoms with van der Waals surface area (Å²) < 4.78 is 6.49. The van der Waals surface area contributed by atoms with Gasteiger partial charge in [-0.2, -0.15) is 0 Å². The summed E-state index contributed by atoms with van der Waals surface area (Å²) in [6, 6.07) is 13.1. The van der Waals surface area contributed by atoms with Crippen LogP contribution in [0.1, 0.15) is 16.1 Å². The third-order valence-corrected chi connectivity index (χ3v) is 4.13. The lowest BCUT2D eigenvalue weighted by Crippen LogP contribution is -2.21. The molecule has 138 valence electrons. The molecule has 0 spiro atoms. The second-order valence-corrected chi connectivity index (χ2v) is 6.13. The molecule has 0 unspecified atom stereocenters. The number of hydrogen-bond acceptors (Lipinski definition) is 4. The molecule has 0 atom stereocenters. The van der Waals surface area contributed by atoms with Crippen LogP contribution in [-0.2, 0) is 9.53 Å². The number of para-hydroxylation sites is 1. The van der Waals surface area contributed by atoms with Gasteiger partial charge in [0, 0.05) is 11.9 Å². The van der Waals surface area contributed by atoms with Crippen LogP contribution in [0.2, 0.25) is 5.02 Å². The van der Waals surface area contributed by atoms with Crippen LogP contribution in [0.3, 0.4) is 0 Å². The molecule has 0 aliphatic rings. The Kier molecular flexibility index (Phi) is 5.42. The van der Waals surface area contributed by atoms with E-state index in [9.17, 15) is 14.4 Å². The quantitative estimate of drug-likeness (QED) is 0.660. The van der Waals surface area contributed by atoms with Gasteiger partial charge in [-0.3, -0.25) is 9.36 Å². The first-order valence-electron chi connectivity index (χ1n) is 8.04. The van der Waals surface area contributed by atoms with E-state index in [2.05, 4.69) is 10.3 Å². The van der Waals surface area contributed by atoms with Crippen molar-refractivity contribution in [1.29, 1.82) is 0 Å². The van der Waals surface area contributed by atoms with Gasteiger partial charge in [-0.1, -0.05) is 23.7 Å². The van der Waals surface area contributed by atoms with E-state index in [0.717, 1.165) is 5.69 Å². The molecule has 0 saturated carbocycles. The minimum absolute atomic E-state index is 0.265. The normalized spacial score (nSPS) is 10.4. The molecule has 27 heavy (non-hydrogen) atoms. The number of imidazole rings is 1. The maximum Gasteiger partial charge on any atom is 0.338 e. The van der Waals surface area contributed by atoms with Crippen molar-refractivity contribution in [3.63, 3.8) is 0 Å². The van der Waals surface area contributed by atoms with Crippen LogP contribution in [0.25, 0.3) is 5.69 Å². The van der Waals surface area contributed by atoms with Crippen molar-refractivity contribution in [2.75, 3.05) is 11.9 Å². The van der Waals surface area contributed by atoms with E-state index in [4.69, 9.17) is 16.3 Å². The van der Waals surface area contributed by atoms with Crippen LogP contribution in [0, 0.1) is 6.92 Å². The Bertz CT molecular complexity index is 1040. The smallest absolute Gasteiger partial charge is 0.338 e. The number of aromatic nitrogens is 2. The number of ether oxygens (including phenoxy) is 1. The van der Waals surface area contributed by atoms with Gasteiger partial charge in [0.2, 0.25) is 0 Å². The number of aromatic amines is 1. The minimum atomic E-state index is -0.644. The molecule has 8 heteroatoms. The number of amides is 1. The average Bonchev–Trinajstić information content (AvgIpc) is 3.00. The standard InChI is InChI=1S/C19H16ClN3O4/c1-12-10-21-19(26)23(12)14-8-6-13(7-9-14)18(25)27-11-17(24)22-16-5-3-2-4-15(16)20/h2-10H,11H2,1H3,(H,21,26)(H,22,24). The van der Waals surface area contributed by atoms with E-state index < -0.39 is 18.5 Å². The molecule has 7 nitrogen and oxygen atoms in total.